The van der Waals surface area contributed by atoms with Gasteiger partial charge in [-0.25, -0.2) is 17.1 Å². The van der Waals surface area contributed by atoms with E-state index in [1.165, 1.54) is 28.6 Å². The van der Waals surface area contributed by atoms with Crippen LogP contribution in [-0.2, 0) is 20.6 Å². The van der Waals surface area contributed by atoms with Crippen molar-refractivity contribution in [3.8, 4) is 0 Å². The number of piperidine rings is 1. The van der Waals surface area contributed by atoms with Crippen LogP contribution in [0.25, 0.3) is 0 Å². The summed E-state index contributed by atoms with van der Waals surface area (Å²) in [5.41, 5.74) is 1.23. The Labute approximate surface area is 152 Å². The van der Waals surface area contributed by atoms with E-state index >= 15 is 0 Å². The first-order valence-corrected chi connectivity index (χ1v) is 10.1. The molecule has 0 aromatic heterocycles. The van der Waals surface area contributed by atoms with Crippen molar-refractivity contribution in [3.63, 3.8) is 0 Å². The van der Waals surface area contributed by atoms with Crippen LogP contribution in [0.2, 0.25) is 0 Å². The van der Waals surface area contributed by atoms with Gasteiger partial charge in [0.1, 0.15) is 5.82 Å². The molecule has 1 heterocycles. The predicted molar refractivity (Wildman–Crippen MR) is 98.4 cm³/mol. The number of sulfonamides is 1. The fraction of sp³-hybridized carbons (Fsp3) is 0.316. The van der Waals surface area contributed by atoms with E-state index in [-0.39, 0.29) is 24.1 Å². The summed E-state index contributed by atoms with van der Waals surface area (Å²) in [4.78, 5) is 12.5. The smallest absolute Gasteiger partial charge is 0.228 e. The lowest BCUT2D eigenvalue weighted by Gasteiger charge is -2.31. The highest BCUT2D eigenvalue weighted by Crippen LogP contribution is 2.23. The lowest BCUT2D eigenvalue weighted by atomic mass is 9.99. The summed E-state index contributed by atoms with van der Waals surface area (Å²) in [6.45, 7) is 0.570. The summed E-state index contributed by atoms with van der Waals surface area (Å²) >= 11 is 0. The van der Waals surface area contributed by atoms with Crippen LogP contribution in [0.3, 0.4) is 0 Å². The Morgan fingerprint density at radius 2 is 1.81 bits per heavy atom. The minimum atomic E-state index is -3.56. The third-order valence-electron chi connectivity index (χ3n) is 4.45. The summed E-state index contributed by atoms with van der Waals surface area (Å²) in [6, 6.07) is 14.5. The molecule has 2 aromatic carbocycles. The molecule has 3 rings (SSSR count). The normalized spacial score (nSPS) is 18.4. The number of nitrogens with one attached hydrogen (secondary N) is 1. The van der Waals surface area contributed by atoms with Gasteiger partial charge < -0.3 is 5.32 Å². The zero-order valence-electron chi connectivity index (χ0n) is 14.3. The van der Waals surface area contributed by atoms with Crippen LogP contribution in [0.1, 0.15) is 18.4 Å². The molecule has 1 unspecified atom stereocenters. The molecule has 1 aliphatic heterocycles. The van der Waals surface area contributed by atoms with Gasteiger partial charge in [-0.05, 0) is 42.7 Å². The Morgan fingerprint density at radius 1 is 1.12 bits per heavy atom. The molecule has 138 valence electrons. The molecular weight excluding hydrogens is 355 g/mol. The van der Waals surface area contributed by atoms with Gasteiger partial charge in [0, 0.05) is 18.8 Å². The van der Waals surface area contributed by atoms with Gasteiger partial charge in [-0.15, -0.1) is 0 Å². The zero-order chi connectivity index (χ0) is 18.6. The van der Waals surface area contributed by atoms with Gasteiger partial charge in [-0.3, -0.25) is 4.79 Å². The summed E-state index contributed by atoms with van der Waals surface area (Å²) in [5, 5.41) is 2.84. The zero-order valence-corrected chi connectivity index (χ0v) is 15.1. The number of benzene rings is 2. The molecule has 5 nitrogen and oxygen atoms in total. The molecule has 1 aliphatic rings. The Bertz CT molecular complexity index is 854. The lowest BCUT2D eigenvalue weighted by molar-refractivity contribution is -0.120. The first-order valence-electron chi connectivity index (χ1n) is 8.52. The number of rotatable bonds is 5. The molecular formula is C19H21FN2O3S. The lowest BCUT2D eigenvalue weighted by Crippen LogP contribution is -2.44. The van der Waals surface area contributed by atoms with Crippen molar-refractivity contribution >= 4 is 21.6 Å². The minimum absolute atomic E-state index is 0.169. The Balaban J connectivity index is 1.65. The van der Waals surface area contributed by atoms with Gasteiger partial charge in [-0.2, -0.15) is 0 Å². The second-order valence-corrected chi connectivity index (χ2v) is 8.40. The molecule has 1 atom stereocenters. The van der Waals surface area contributed by atoms with Crippen LogP contribution in [-0.4, -0.2) is 31.7 Å². The number of para-hydroxylation sites is 1. The highest BCUT2D eigenvalue weighted by Gasteiger charge is 2.32. The summed E-state index contributed by atoms with van der Waals surface area (Å²) in [7, 11) is -3.56. The molecule has 0 aliphatic carbocycles. The number of anilines is 1. The van der Waals surface area contributed by atoms with Crippen LogP contribution in [0.4, 0.5) is 10.1 Å². The van der Waals surface area contributed by atoms with E-state index in [9.17, 15) is 17.6 Å². The number of carbonyl (C=O) groups excluding carboxylic acids is 1. The molecule has 1 saturated heterocycles. The summed E-state index contributed by atoms with van der Waals surface area (Å²) in [5.74, 6) is -1.15. The number of amides is 1. The Hall–Kier alpha value is -2.25. The van der Waals surface area contributed by atoms with Crippen LogP contribution in [0.5, 0.6) is 0 Å². The molecule has 0 saturated carbocycles. The maximum atomic E-state index is 13.0. The summed E-state index contributed by atoms with van der Waals surface area (Å²) < 4.78 is 39.7. The van der Waals surface area contributed by atoms with E-state index in [0.29, 0.717) is 30.6 Å². The minimum Gasteiger partial charge on any atom is -0.326 e. The van der Waals surface area contributed by atoms with Crippen LogP contribution in [0.15, 0.2) is 54.6 Å². The maximum absolute atomic E-state index is 13.0. The van der Waals surface area contributed by atoms with Crippen LogP contribution in [0, 0.1) is 11.7 Å². The van der Waals surface area contributed by atoms with E-state index < -0.39 is 15.8 Å². The monoisotopic (exact) mass is 376 g/mol. The van der Waals surface area contributed by atoms with E-state index in [2.05, 4.69) is 5.32 Å². The number of hydrogen-bond donors (Lipinski definition) is 1. The van der Waals surface area contributed by atoms with E-state index in [1.807, 2.05) is 18.2 Å². The molecule has 2 aromatic rings. The topological polar surface area (TPSA) is 66.5 Å². The fourth-order valence-electron chi connectivity index (χ4n) is 3.06. The first kappa shape index (κ1) is 18.5. The molecule has 1 amide bonds. The van der Waals surface area contributed by atoms with E-state index in [1.54, 1.807) is 12.1 Å². The predicted octanol–water partition coefficient (Wildman–Crippen LogP) is 3.01. The van der Waals surface area contributed by atoms with Crippen LogP contribution >= 0.6 is 0 Å². The number of halogens is 1. The van der Waals surface area contributed by atoms with E-state index in [0.717, 1.165) is 0 Å². The molecule has 1 fully saturated rings. The maximum Gasteiger partial charge on any atom is 0.228 e. The Kier molecular flexibility index (Phi) is 5.68. The summed E-state index contributed by atoms with van der Waals surface area (Å²) in [6.07, 6.45) is 1.29. The Morgan fingerprint density at radius 3 is 2.50 bits per heavy atom. The largest absolute Gasteiger partial charge is 0.326 e. The average Bonchev–Trinajstić information content (AvgIpc) is 2.64. The van der Waals surface area contributed by atoms with Gasteiger partial charge in [0.15, 0.2) is 0 Å². The van der Waals surface area contributed by atoms with Gasteiger partial charge in [0.2, 0.25) is 15.9 Å². The van der Waals surface area contributed by atoms with Crippen molar-refractivity contribution in [2.45, 2.75) is 18.6 Å². The molecule has 7 heteroatoms. The fourth-order valence-corrected chi connectivity index (χ4v) is 4.67. The van der Waals surface area contributed by atoms with Gasteiger partial charge >= 0.3 is 0 Å². The van der Waals surface area contributed by atoms with Crippen molar-refractivity contribution in [2.24, 2.45) is 5.92 Å². The highest BCUT2D eigenvalue weighted by molar-refractivity contribution is 7.88. The third-order valence-corrected chi connectivity index (χ3v) is 6.27. The first-order chi connectivity index (χ1) is 12.4. The SMILES string of the molecule is O=C(Nc1ccccc1)C1CCCN(S(=O)(=O)Cc2ccc(F)cc2)C1. The number of carbonyl (C=O) groups is 1. The molecule has 0 spiro atoms. The second kappa shape index (κ2) is 7.97. The van der Waals surface area contributed by atoms with Crippen molar-refractivity contribution in [1.82, 2.24) is 4.31 Å². The standard InChI is InChI=1S/C19H21FN2O3S/c20-17-10-8-15(9-11-17)14-26(24,25)22-12-4-5-16(13-22)19(23)21-18-6-2-1-3-7-18/h1-3,6-11,16H,4-5,12-14H2,(H,21,23). The van der Waals surface area contributed by atoms with E-state index in [4.69, 9.17) is 0 Å². The van der Waals surface area contributed by atoms with Crippen molar-refractivity contribution in [2.75, 3.05) is 18.4 Å². The van der Waals surface area contributed by atoms with Crippen molar-refractivity contribution in [1.29, 1.82) is 0 Å². The van der Waals surface area contributed by atoms with Gasteiger partial charge in [0.25, 0.3) is 0 Å². The van der Waals surface area contributed by atoms with Gasteiger partial charge in [-0.1, -0.05) is 30.3 Å². The number of hydrogen-bond acceptors (Lipinski definition) is 3. The average molecular weight is 376 g/mol. The number of nitrogens with zero attached hydrogens (tertiary/aromatic N) is 1. The highest BCUT2D eigenvalue weighted by atomic mass is 32.2. The van der Waals surface area contributed by atoms with Gasteiger partial charge in [0.05, 0.1) is 11.7 Å². The quantitative estimate of drug-likeness (QED) is 0.872. The van der Waals surface area contributed by atoms with Crippen molar-refractivity contribution in [3.05, 3.63) is 66.0 Å². The molecule has 26 heavy (non-hydrogen) atoms. The molecule has 0 radical (unpaired) electrons. The van der Waals surface area contributed by atoms with Crippen LogP contribution < -0.4 is 5.32 Å². The third kappa shape index (κ3) is 4.68. The second-order valence-electron chi connectivity index (χ2n) is 6.44. The molecule has 1 N–H and O–H groups in total. The molecule has 0 bridgehead atoms. The van der Waals surface area contributed by atoms with Crippen molar-refractivity contribution < 1.29 is 17.6 Å².